The van der Waals surface area contributed by atoms with Crippen LogP contribution in [0.5, 0.6) is 0 Å². The van der Waals surface area contributed by atoms with Crippen LogP contribution in [-0.4, -0.2) is 58.2 Å². The number of ether oxygens (including phenoxy) is 2. The second-order valence-corrected chi connectivity index (χ2v) is 9.76. The van der Waals surface area contributed by atoms with Crippen LogP contribution in [0.4, 0.5) is 0 Å². The third kappa shape index (κ3) is 2.78. The number of fused-ring (bicyclic) bond motifs is 1. The molecule has 2 fully saturated rings. The lowest BCUT2D eigenvalue weighted by Crippen LogP contribution is -2.69. The fourth-order valence-corrected chi connectivity index (χ4v) is 5.67. The molecule has 0 spiro atoms. The molecule has 0 radical (unpaired) electrons. The molecule has 154 valence electrons. The van der Waals surface area contributed by atoms with Gasteiger partial charge < -0.3 is 14.6 Å². The van der Waals surface area contributed by atoms with Crippen LogP contribution in [-0.2, 0) is 19.1 Å². The van der Waals surface area contributed by atoms with Gasteiger partial charge in [-0.25, -0.2) is 4.79 Å². The van der Waals surface area contributed by atoms with Gasteiger partial charge in [0.1, 0.15) is 11.8 Å². The van der Waals surface area contributed by atoms with Crippen molar-refractivity contribution >= 4 is 23.6 Å². The Bertz CT molecular complexity index is 764. The largest absolute Gasteiger partial charge is 0.467 e. The summed E-state index contributed by atoms with van der Waals surface area (Å²) in [6.45, 7) is 9.27. The number of methoxy groups -OCH3 is 1. The lowest BCUT2D eigenvalue weighted by Gasteiger charge is -2.43. The van der Waals surface area contributed by atoms with E-state index in [9.17, 15) is 14.7 Å². The van der Waals surface area contributed by atoms with Crippen molar-refractivity contribution in [2.45, 2.75) is 63.0 Å². The van der Waals surface area contributed by atoms with E-state index in [2.05, 4.69) is 0 Å². The molecule has 5 atom stereocenters. The molecule has 1 N–H and O–H groups in total. The predicted molar refractivity (Wildman–Crippen MR) is 107 cm³/mol. The summed E-state index contributed by atoms with van der Waals surface area (Å²) in [5.41, 5.74) is -3.66. The minimum atomic E-state index is -1.64. The van der Waals surface area contributed by atoms with Crippen LogP contribution in [0, 0.1) is 11.3 Å². The van der Waals surface area contributed by atoms with Crippen LogP contribution in [0.25, 0.3) is 0 Å². The molecule has 2 heterocycles. The SMILES string of the molecule is COC(=O)[C@]12[C@@H](C)O[C@H](C(C)(C)C)N1C(=O)[C@@H](C)[C@]2(O)CSc1ccccc1. The zero-order valence-corrected chi connectivity index (χ0v) is 18.1. The van der Waals surface area contributed by atoms with Gasteiger partial charge in [0.05, 0.1) is 19.1 Å². The lowest BCUT2D eigenvalue weighted by molar-refractivity contribution is -0.169. The first-order valence-electron chi connectivity index (χ1n) is 9.49. The number of carbonyl (C=O) groups is 2. The Kier molecular flexibility index (Phi) is 5.32. The van der Waals surface area contributed by atoms with Crippen LogP contribution < -0.4 is 0 Å². The van der Waals surface area contributed by atoms with Crippen LogP contribution in [0.15, 0.2) is 35.2 Å². The number of aliphatic hydroxyl groups is 1. The molecule has 0 unspecified atom stereocenters. The van der Waals surface area contributed by atoms with E-state index in [1.165, 1.54) is 23.8 Å². The first-order chi connectivity index (χ1) is 13.0. The molecule has 0 aromatic heterocycles. The highest BCUT2D eigenvalue weighted by Crippen LogP contribution is 2.56. The average Bonchev–Trinajstić information content (AvgIpc) is 3.07. The molecule has 2 saturated heterocycles. The molecule has 2 aliphatic rings. The number of nitrogens with zero attached hydrogens (tertiary/aromatic N) is 1. The summed E-state index contributed by atoms with van der Waals surface area (Å²) in [6, 6.07) is 9.61. The molecule has 1 aromatic rings. The number of thioether (sulfide) groups is 1. The van der Waals surface area contributed by atoms with Gasteiger partial charge in [0, 0.05) is 16.1 Å². The van der Waals surface area contributed by atoms with E-state index in [1.54, 1.807) is 13.8 Å². The predicted octanol–water partition coefficient (Wildman–Crippen LogP) is 2.69. The Morgan fingerprint density at radius 3 is 2.43 bits per heavy atom. The van der Waals surface area contributed by atoms with E-state index < -0.39 is 40.8 Å². The highest BCUT2D eigenvalue weighted by Gasteiger charge is 2.78. The molecule has 28 heavy (non-hydrogen) atoms. The zero-order chi connectivity index (χ0) is 20.9. The van der Waals surface area contributed by atoms with Gasteiger partial charge in [0.25, 0.3) is 0 Å². The number of benzene rings is 1. The fourth-order valence-electron chi connectivity index (χ4n) is 4.46. The van der Waals surface area contributed by atoms with E-state index in [0.717, 1.165) is 4.90 Å². The quantitative estimate of drug-likeness (QED) is 0.611. The number of esters is 1. The van der Waals surface area contributed by atoms with E-state index in [0.29, 0.717) is 0 Å². The number of hydrogen-bond donors (Lipinski definition) is 1. The smallest absolute Gasteiger partial charge is 0.337 e. The maximum atomic E-state index is 13.3. The van der Waals surface area contributed by atoms with Crippen molar-refractivity contribution in [2.75, 3.05) is 12.9 Å². The van der Waals surface area contributed by atoms with Gasteiger partial charge >= 0.3 is 5.97 Å². The second-order valence-electron chi connectivity index (χ2n) is 8.71. The number of amides is 1. The van der Waals surface area contributed by atoms with Gasteiger partial charge in [0.2, 0.25) is 5.91 Å². The Morgan fingerprint density at radius 1 is 1.29 bits per heavy atom. The molecule has 2 aliphatic heterocycles. The Labute approximate surface area is 170 Å². The molecular weight excluding hydrogens is 378 g/mol. The van der Waals surface area contributed by atoms with Gasteiger partial charge in [-0.15, -0.1) is 11.8 Å². The van der Waals surface area contributed by atoms with Gasteiger partial charge in [-0.3, -0.25) is 9.69 Å². The Balaban J connectivity index is 2.10. The number of rotatable bonds is 4. The summed E-state index contributed by atoms with van der Waals surface area (Å²) in [6.07, 6.45) is -1.34. The van der Waals surface area contributed by atoms with Crippen LogP contribution in [0.3, 0.4) is 0 Å². The Hall–Kier alpha value is -1.57. The van der Waals surface area contributed by atoms with Crippen LogP contribution >= 0.6 is 11.8 Å². The van der Waals surface area contributed by atoms with E-state index in [4.69, 9.17) is 9.47 Å². The maximum Gasteiger partial charge on any atom is 0.337 e. The first-order valence-corrected chi connectivity index (χ1v) is 10.5. The molecule has 6 nitrogen and oxygen atoms in total. The van der Waals surface area contributed by atoms with Crippen molar-refractivity contribution in [2.24, 2.45) is 11.3 Å². The molecule has 7 heteroatoms. The third-order valence-electron chi connectivity index (χ3n) is 5.96. The van der Waals surface area contributed by atoms with Crippen molar-refractivity contribution in [3.05, 3.63) is 30.3 Å². The van der Waals surface area contributed by atoms with E-state index >= 15 is 0 Å². The summed E-state index contributed by atoms with van der Waals surface area (Å²) in [7, 11) is 1.28. The fraction of sp³-hybridized carbons (Fsp3) is 0.619. The molecule has 0 bridgehead atoms. The third-order valence-corrected chi connectivity index (χ3v) is 7.15. The molecule has 1 amide bonds. The number of carbonyl (C=O) groups excluding carboxylic acids is 2. The zero-order valence-electron chi connectivity index (χ0n) is 17.3. The highest BCUT2D eigenvalue weighted by atomic mass is 32.2. The standard InChI is InChI=1S/C21H29NO5S/c1-13-16(23)22-17(19(3,4)5)27-14(2)21(22,18(24)26-6)20(13,25)12-28-15-10-8-7-9-11-15/h7-11,13-14,17,25H,12H2,1-6H3/t13-,14-,17-,20-,21+/m1/s1. The summed E-state index contributed by atoms with van der Waals surface area (Å²) in [5.74, 6) is -1.52. The second kappa shape index (κ2) is 7.04. The van der Waals surface area contributed by atoms with Gasteiger partial charge in [-0.05, 0) is 19.1 Å². The van der Waals surface area contributed by atoms with E-state index in [-0.39, 0.29) is 11.7 Å². The number of hydrogen-bond acceptors (Lipinski definition) is 6. The topological polar surface area (TPSA) is 76.1 Å². The van der Waals surface area contributed by atoms with E-state index in [1.807, 2.05) is 51.1 Å². The van der Waals surface area contributed by atoms with Crippen LogP contribution in [0.1, 0.15) is 34.6 Å². The molecule has 0 aliphatic carbocycles. The van der Waals surface area contributed by atoms with Crippen molar-refractivity contribution in [3.8, 4) is 0 Å². The first kappa shape index (κ1) is 21.1. The maximum absolute atomic E-state index is 13.3. The normalized spacial score (nSPS) is 35.2. The van der Waals surface area contributed by atoms with Crippen molar-refractivity contribution < 1.29 is 24.2 Å². The molecular formula is C21H29NO5S. The minimum Gasteiger partial charge on any atom is -0.467 e. The van der Waals surface area contributed by atoms with Gasteiger partial charge in [0.15, 0.2) is 5.54 Å². The van der Waals surface area contributed by atoms with Crippen molar-refractivity contribution in [1.82, 2.24) is 4.90 Å². The van der Waals surface area contributed by atoms with Gasteiger partial charge in [-0.2, -0.15) is 0 Å². The van der Waals surface area contributed by atoms with Crippen molar-refractivity contribution in [1.29, 1.82) is 0 Å². The molecule has 1 aromatic carbocycles. The van der Waals surface area contributed by atoms with Gasteiger partial charge in [-0.1, -0.05) is 45.9 Å². The van der Waals surface area contributed by atoms with Crippen LogP contribution in [0.2, 0.25) is 0 Å². The summed E-state index contributed by atoms with van der Waals surface area (Å²) in [4.78, 5) is 28.9. The Morgan fingerprint density at radius 2 is 1.89 bits per heavy atom. The summed E-state index contributed by atoms with van der Waals surface area (Å²) in [5, 5.41) is 11.9. The monoisotopic (exact) mass is 407 g/mol. The summed E-state index contributed by atoms with van der Waals surface area (Å²) < 4.78 is 11.3. The minimum absolute atomic E-state index is 0.167. The highest BCUT2D eigenvalue weighted by molar-refractivity contribution is 7.99. The molecule has 3 rings (SSSR count). The summed E-state index contributed by atoms with van der Waals surface area (Å²) >= 11 is 1.42. The average molecular weight is 408 g/mol. The van der Waals surface area contributed by atoms with Crippen molar-refractivity contribution in [3.63, 3.8) is 0 Å². The lowest BCUT2D eigenvalue weighted by atomic mass is 9.74. The molecule has 0 saturated carbocycles.